The average Bonchev–Trinajstić information content (AvgIpc) is 3.75. The van der Waals surface area contributed by atoms with Crippen molar-refractivity contribution in [2.75, 3.05) is 0 Å². The van der Waals surface area contributed by atoms with Crippen LogP contribution in [-0.2, 0) is 14.1 Å². The Morgan fingerprint density at radius 3 is 0.966 bits per heavy atom. The van der Waals surface area contributed by atoms with E-state index in [-0.39, 0.29) is 0 Å². The van der Waals surface area contributed by atoms with Crippen LogP contribution in [0.1, 0.15) is 0 Å². The first kappa shape index (κ1) is 32.8. The van der Waals surface area contributed by atoms with Crippen LogP contribution < -0.4 is 0 Å². The molecule has 2 nitrogen and oxygen atoms in total. The van der Waals surface area contributed by atoms with Crippen LogP contribution in [0.15, 0.2) is 194 Å². The second-order valence-corrected chi connectivity index (χ2v) is 15.8. The van der Waals surface area contributed by atoms with E-state index in [9.17, 15) is 0 Å². The van der Waals surface area contributed by atoms with Crippen molar-refractivity contribution in [2.45, 2.75) is 0 Å². The molecule has 0 bridgehead atoms. The molecule has 0 saturated carbocycles. The first-order chi connectivity index (χ1) is 28.6. The van der Waals surface area contributed by atoms with Crippen LogP contribution in [0.5, 0.6) is 0 Å². The Balaban J connectivity index is 1.05. The summed E-state index contributed by atoms with van der Waals surface area (Å²) < 4.78 is 4.76. The van der Waals surface area contributed by atoms with E-state index in [2.05, 4.69) is 217 Å². The van der Waals surface area contributed by atoms with Gasteiger partial charge in [-0.15, -0.1) is 0 Å². The Morgan fingerprint density at radius 1 is 0.259 bits per heavy atom. The van der Waals surface area contributed by atoms with Crippen molar-refractivity contribution in [1.82, 2.24) is 9.13 Å². The molecule has 10 aromatic carbocycles. The molecule has 2 heteroatoms. The highest BCUT2D eigenvalue weighted by Crippen LogP contribution is 2.44. The summed E-state index contributed by atoms with van der Waals surface area (Å²) in [4.78, 5) is 0. The predicted molar refractivity (Wildman–Crippen MR) is 249 cm³/mol. The average molecular weight is 739 g/mol. The molecule has 0 radical (unpaired) electrons. The summed E-state index contributed by atoms with van der Waals surface area (Å²) in [5.74, 6) is 0. The van der Waals surface area contributed by atoms with E-state index in [1.165, 1.54) is 120 Å². The summed E-state index contributed by atoms with van der Waals surface area (Å²) in [7, 11) is 4.43. The fourth-order valence-electron chi connectivity index (χ4n) is 9.81. The number of aryl methyl sites for hydroxylation is 2. The van der Waals surface area contributed by atoms with Gasteiger partial charge in [-0.05, 0) is 125 Å². The summed E-state index contributed by atoms with van der Waals surface area (Å²) in [5.41, 5.74) is 14.9. The number of aromatic nitrogens is 2. The number of rotatable bonds is 4. The minimum atomic E-state index is 1.22. The molecule has 0 saturated heterocycles. The van der Waals surface area contributed by atoms with Crippen molar-refractivity contribution in [1.29, 1.82) is 0 Å². The fourth-order valence-corrected chi connectivity index (χ4v) is 9.81. The molecule has 2 aromatic heterocycles. The Labute approximate surface area is 336 Å². The second-order valence-electron chi connectivity index (χ2n) is 15.8. The topological polar surface area (TPSA) is 9.86 Å². The normalized spacial score (nSPS) is 12.0. The van der Waals surface area contributed by atoms with Crippen molar-refractivity contribution in [3.63, 3.8) is 0 Å². The zero-order chi connectivity index (χ0) is 38.5. The van der Waals surface area contributed by atoms with Gasteiger partial charge in [-0.3, -0.25) is 0 Å². The van der Waals surface area contributed by atoms with Crippen molar-refractivity contribution in [3.8, 4) is 44.5 Å². The third-order valence-corrected chi connectivity index (χ3v) is 12.7. The van der Waals surface area contributed by atoms with Gasteiger partial charge in [-0.1, -0.05) is 146 Å². The lowest BCUT2D eigenvalue weighted by Gasteiger charge is -2.13. The molecular weight excluding hydrogens is 701 g/mol. The smallest absolute Gasteiger partial charge is 0.0495 e. The number of fused-ring (bicyclic) bond motifs is 11. The van der Waals surface area contributed by atoms with Crippen LogP contribution >= 0.6 is 0 Å². The summed E-state index contributed by atoms with van der Waals surface area (Å²) in [6.45, 7) is 0. The van der Waals surface area contributed by atoms with E-state index in [1.807, 2.05) is 0 Å². The van der Waals surface area contributed by atoms with Crippen LogP contribution in [-0.4, -0.2) is 9.13 Å². The fraction of sp³-hybridized carbons (Fsp3) is 0.0357. The van der Waals surface area contributed by atoms with Gasteiger partial charge in [-0.25, -0.2) is 0 Å². The molecule has 12 aromatic rings. The highest BCUT2D eigenvalue weighted by molar-refractivity contribution is 6.29. The Kier molecular flexibility index (Phi) is 7.09. The van der Waals surface area contributed by atoms with Crippen molar-refractivity contribution in [3.05, 3.63) is 194 Å². The van der Waals surface area contributed by atoms with Gasteiger partial charge in [0.1, 0.15) is 0 Å². The zero-order valence-corrected chi connectivity index (χ0v) is 32.4. The Bertz CT molecular complexity index is 3380. The van der Waals surface area contributed by atoms with Crippen LogP contribution in [0.4, 0.5) is 0 Å². The number of hydrogen-bond donors (Lipinski definition) is 0. The first-order valence-electron chi connectivity index (χ1n) is 20.1. The molecule has 2 heterocycles. The van der Waals surface area contributed by atoms with E-state index in [0.29, 0.717) is 0 Å². The molecule has 58 heavy (non-hydrogen) atoms. The lowest BCUT2D eigenvalue weighted by Crippen LogP contribution is -1.90. The lowest BCUT2D eigenvalue weighted by atomic mass is 9.90. The van der Waals surface area contributed by atoms with Gasteiger partial charge in [0.25, 0.3) is 0 Å². The molecule has 0 spiro atoms. The molecule has 0 aliphatic rings. The largest absolute Gasteiger partial charge is 0.344 e. The maximum Gasteiger partial charge on any atom is 0.0495 e. The predicted octanol–water partition coefficient (Wildman–Crippen LogP) is 15.1. The van der Waals surface area contributed by atoms with Gasteiger partial charge in [-0.2, -0.15) is 0 Å². The van der Waals surface area contributed by atoms with Crippen LogP contribution in [0.25, 0.3) is 120 Å². The maximum atomic E-state index is 2.40. The summed E-state index contributed by atoms with van der Waals surface area (Å²) in [6.07, 6.45) is 0. The third kappa shape index (κ3) is 4.85. The van der Waals surface area contributed by atoms with E-state index in [4.69, 9.17) is 0 Å². The summed E-state index contributed by atoms with van der Waals surface area (Å²) >= 11 is 0. The van der Waals surface area contributed by atoms with Gasteiger partial charge in [0.05, 0.1) is 0 Å². The van der Waals surface area contributed by atoms with Crippen molar-refractivity contribution < 1.29 is 0 Å². The van der Waals surface area contributed by atoms with Gasteiger partial charge in [0, 0.05) is 57.7 Å². The first-order valence-corrected chi connectivity index (χ1v) is 20.1. The second kappa shape index (κ2) is 12.5. The van der Waals surface area contributed by atoms with Crippen LogP contribution in [0, 0.1) is 0 Å². The standard InChI is InChI=1S/C56H38N2/c1-57-51-27-25-44-43(55(51)45-23-21-41(33-53(45)57)49-31-39-19-11-9-17-37(39)29-47(49)35-13-5-3-6-14-35)26-28-52-56(44)46-24-22-42(34-54(46)58(52)2)50-32-40-20-12-10-18-38(40)30-48(50)36-15-7-4-8-16-36/h3-34H,1-2H3. The van der Waals surface area contributed by atoms with Crippen molar-refractivity contribution in [2.24, 2.45) is 14.1 Å². The molecule has 0 amide bonds. The SMILES string of the molecule is Cn1c2cc(-c3cc4ccccc4cc3-c3ccccc3)ccc2c2c3ccc4c(c3ccc21)c1ccc(-c2cc3ccccc3cc2-c2ccccc2)cc1n4C. The zero-order valence-electron chi connectivity index (χ0n) is 32.4. The molecule has 0 aliphatic carbocycles. The van der Waals surface area contributed by atoms with Gasteiger partial charge >= 0.3 is 0 Å². The number of nitrogens with zero attached hydrogens (tertiary/aromatic N) is 2. The highest BCUT2D eigenvalue weighted by atomic mass is 14.9. The Hall–Kier alpha value is -7.42. The van der Waals surface area contributed by atoms with Crippen LogP contribution in [0.3, 0.4) is 0 Å². The van der Waals surface area contributed by atoms with Crippen LogP contribution in [0.2, 0.25) is 0 Å². The van der Waals surface area contributed by atoms with Crippen molar-refractivity contribution >= 4 is 75.9 Å². The minimum absolute atomic E-state index is 1.22. The lowest BCUT2D eigenvalue weighted by molar-refractivity contribution is 1.01. The minimum Gasteiger partial charge on any atom is -0.344 e. The molecular formula is C56H38N2. The molecule has 0 atom stereocenters. The Morgan fingerprint density at radius 2 is 0.586 bits per heavy atom. The quantitative estimate of drug-likeness (QED) is 0.170. The highest BCUT2D eigenvalue weighted by Gasteiger charge is 2.19. The summed E-state index contributed by atoms with van der Waals surface area (Å²) in [5, 5.41) is 12.8. The van der Waals surface area contributed by atoms with E-state index in [1.54, 1.807) is 0 Å². The summed E-state index contributed by atoms with van der Waals surface area (Å²) in [6, 6.07) is 71.9. The monoisotopic (exact) mass is 738 g/mol. The van der Waals surface area contributed by atoms with Gasteiger partial charge in [0.15, 0.2) is 0 Å². The molecule has 12 rings (SSSR count). The van der Waals surface area contributed by atoms with E-state index in [0.717, 1.165) is 0 Å². The molecule has 272 valence electrons. The van der Waals surface area contributed by atoms with E-state index >= 15 is 0 Å². The van der Waals surface area contributed by atoms with E-state index < -0.39 is 0 Å². The molecule has 0 N–H and O–H groups in total. The third-order valence-electron chi connectivity index (χ3n) is 12.7. The molecule has 0 aliphatic heterocycles. The number of hydrogen-bond acceptors (Lipinski definition) is 0. The van der Waals surface area contributed by atoms with Gasteiger partial charge in [0.2, 0.25) is 0 Å². The van der Waals surface area contributed by atoms with Gasteiger partial charge < -0.3 is 9.13 Å². The molecule has 0 fully saturated rings. The molecule has 0 unspecified atom stereocenters. The number of benzene rings is 10. The maximum absolute atomic E-state index is 2.40.